The molecule has 1 aromatic carbocycles. The van der Waals surface area contributed by atoms with Crippen molar-refractivity contribution in [3.63, 3.8) is 0 Å². The molecule has 1 fully saturated rings. The second kappa shape index (κ2) is 8.53. The van der Waals surface area contributed by atoms with E-state index in [1.165, 1.54) is 34.5 Å². The molecule has 3 rings (SSSR count). The fourth-order valence-corrected chi connectivity index (χ4v) is 3.01. The number of ether oxygens (including phenoxy) is 1. The van der Waals surface area contributed by atoms with E-state index in [-0.39, 0.29) is 11.8 Å². The van der Waals surface area contributed by atoms with E-state index >= 15 is 0 Å². The molecule has 1 amide bonds. The molecule has 0 bridgehead atoms. The number of carbonyl (C=O) groups excluding carboxylic acids is 1. The number of carbonyl (C=O) groups is 1. The quantitative estimate of drug-likeness (QED) is 0.742. The molecule has 7 nitrogen and oxygen atoms in total. The number of thiocarbonyl (C=S) groups is 2. The fourth-order valence-electron chi connectivity index (χ4n) is 2.72. The van der Waals surface area contributed by atoms with Gasteiger partial charge in [-0.15, -0.1) is 0 Å². The van der Waals surface area contributed by atoms with E-state index in [4.69, 9.17) is 29.2 Å². The standard InChI is InChI=1S/C18H18FN5O2S2/c1-11(27)22-8-13-10-24(18(25)26-13)12-3-4-16(14(19)7-12)23(2)17(28)15-9-20-5-6-21-15/h3-7,9,13H,8,10H2,1-2H3,(H,22,27). The molecule has 146 valence electrons. The van der Waals surface area contributed by atoms with Crippen molar-refractivity contribution in [2.75, 3.05) is 29.9 Å². The van der Waals surface area contributed by atoms with Crippen LogP contribution in [0.1, 0.15) is 12.6 Å². The smallest absolute Gasteiger partial charge is 0.414 e. The van der Waals surface area contributed by atoms with Crippen LogP contribution in [0.25, 0.3) is 0 Å². The molecule has 2 heterocycles. The monoisotopic (exact) mass is 419 g/mol. The number of benzene rings is 1. The summed E-state index contributed by atoms with van der Waals surface area (Å²) >= 11 is 10.3. The van der Waals surface area contributed by atoms with Crippen molar-refractivity contribution in [1.82, 2.24) is 15.3 Å². The Morgan fingerprint density at radius 3 is 2.86 bits per heavy atom. The van der Waals surface area contributed by atoms with Crippen LogP contribution in [0.2, 0.25) is 0 Å². The Morgan fingerprint density at radius 1 is 1.43 bits per heavy atom. The Hall–Kier alpha value is -2.72. The number of cyclic esters (lactones) is 1. The number of rotatable bonds is 5. The molecule has 1 aliphatic rings. The zero-order valence-corrected chi connectivity index (χ0v) is 16.9. The van der Waals surface area contributed by atoms with Gasteiger partial charge in [-0.3, -0.25) is 14.9 Å². The number of hydrogen-bond acceptors (Lipinski definition) is 6. The van der Waals surface area contributed by atoms with E-state index in [0.29, 0.717) is 34.4 Å². The number of aromatic nitrogens is 2. The zero-order chi connectivity index (χ0) is 20.3. The number of nitrogens with one attached hydrogen (secondary N) is 1. The highest BCUT2D eigenvalue weighted by Crippen LogP contribution is 2.28. The average Bonchev–Trinajstić information content (AvgIpc) is 3.06. The normalized spacial score (nSPS) is 15.9. The molecular weight excluding hydrogens is 401 g/mol. The third-order valence-corrected chi connectivity index (χ3v) is 4.77. The summed E-state index contributed by atoms with van der Waals surface area (Å²) in [6.45, 7) is 2.47. The Labute approximate surface area is 172 Å². The number of hydrogen-bond donors (Lipinski definition) is 1. The second-order valence-corrected chi connectivity index (χ2v) is 7.14. The number of halogens is 1. The van der Waals surface area contributed by atoms with Gasteiger partial charge in [0.2, 0.25) is 0 Å². The minimum Gasteiger partial charge on any atom is -0.442 e. The summed E-state index contributed by atoms with van der Waals surface area (Å²) in [7, 11) is 1.65. The summed E-state index contributed by atoms with van der Waals surface area (Å²) in [5.74, 6) is -0.518. The molecular formula is C18H18FN5O2S2. The van der Waals surface area contributed by atoms with Crippen LogP contribution in [0.15, 0.2) is 36.8 Å². The molecule has 2 aromatic rings. The summed E-state index contributed by atoms with van der Waals surface area (Å²) in [5.41, 5.74) is 1.14. The lowest BCUT2D eigenvalue weighted by atomic mass is 10.2. The van der Waals surface area contributed by atoms with Crippen molar-refractivity contribution in [3.8, 4) is 0 Å². The van der Waals surface area contributed by atoms with Crippen molar-refractivity contribution in [1.29, 1.82) is 0 Å². The summed E-state index contributed by atoms with van der Waals surface area (Å²) < 4.78 is 20.1. The van der Waals surface area contributed by atoms with Crippen molar-refractivity contribution in [3.05, 3.63) is 48.3 Å². The number of anilines is 2. The van der Waals surface area contributed by atoms with Gasteiger partial charge in [0.15, 0.2) is 0 Å². The highest BCUT2D eigenvalue weighted by atomic mass is 32.1. The van der Waals surface area contributed by atoms with Crippen LogP contribution in [0, 0.1) is 5.82 Å². The lowest BCUT2D eigenvalue weighted by Gasteiger charge is -2.21. The first-order valence-electron chi connectivity index (χ1n) is 8.43. The van der Waals surface area contributed by atoms with Crippen LogP contribution >= 0.6 is 24.4 Å². The Morgan fingerprint density at radius 2 is 2.21 bits per heavy atom. The Balaban J connectivity index is 1.74. The molecule has 10 heteroatoms. The second-order valence-electron chi connectivity index (χ2n) is 6.14. The number of nitrogens with zero attached hydrogens (tertiary/aromatic N) is 4. The lowest BCUT2D eigenvalue weighted by molar-refractivity contribution is 0.143. The molecule has 28 heavy (non-hydrogen) atoms. The van der Waals surface area contributed by atoms with E-state index < -0.39 is 11.9 Å². The van der Waals surface area contributed by atoms with Crippen molar-refractivity contribution >= 4 is 51.9 Å². The van der Waals surface area contributed by atoms with Gasteiger partial charge >= 0.3 is 6.09 Å². The minimum absolute atomic E-state index is 0.265. The molecule has 0 spiro atoms. The predicted molar refractivity (Wildman–Crippen MR) is 112 cm³/mol. The van der Waals surface area contributed by atoms with Crippen LogP contribution < -0.4 is 15.1 Å². The number of amides is 1. The van der Waals surface area contributed by atoms with Crippen molar-refractivity contribution < 1.29 is 13.9 Å². The zero-order valence-electron chi connectivity index (χ0n) is 15.3. The van der Waals surface area contributed by atoms with Crippen LogP contribution in [-0.2, 0) is 4.74 Å². The Kier molecular flexibility index (Phi) is 6.10. The summed E-state index contributed by atoms with van der Waals surface area (Å²) in [5, 5.41) is 2.96. The maximum Gasteiger partial charge on any atom is 0.414 e. The highest BCUT2D eigenvalue weighted by molar-refractivity contribution is 7.81. The van der Waals surface area contributed by atoms with Gasteiger partial charge in [-0.05, 0) is 25.1 Å². The van der Waals surface area contributed by atoms with Gasteiger partial charge in [-0.2, -0.15) is 0 Å². The summed E-state index contributed by atoms with van der Waals surface area (Å²) in [6.07, 6.45) is 3.68. The Bertz CT molecular complexity index is 912. The van der Waals surface area contributed by atoms with Gasteiger partial charge in [-0.1, -0.05) is 24.4 Å². The van der Waals surface area contributed by atoms with E-state index in [2.05, 4.69) is 15.3 Å². The molecule has 0 aliphatic carbocycles. The average molecular weight is 420 g/mol. The molecule has 1 aliphatic heterocycles. The first kappa shape index (κ1) is 20.0. The maximum absolute atomic E-state index is 14.8. The SMILES string of the molecule is CC(=S)NCC1CN(c2ccc(N(C)C(=S)c3cnccn3)c(F)c2)C(=O)O1. The fraction of sp³-hybridized carbons (Fsp3) is 0.278. The first-order valence-corrected chi connectivity index (χ1v) is 9.24. The third-order valence-electron chi connectivity index (χ3n) is 4.14. The van der Waals surface area contributed by atoms with E-state index in [0.717, 1.165) is 0 Å². The van der Waals surface area contributed by atoms with E-state index in [1.807, 2.05) is 0 Å². The van der Waals surface area contributed by atoms with Crippen LogP contribution in [-0.4, -0.2) is 52.3 Å². The van der Waals surface area contributed by atoms with Crippen molar-refractivity contribution in [2.24, 2.45) is 0 Å². The summed E-state index contributed by atoms with van der Waals surface area (Å²) in [6, 6.07) is 4.50. The molecule has 1 saturated heterocycles. The highest BCUT2D eigenvalue weighted by Gasteiger charge is 2.32. The largest absolute Gasteiger partial charge is 0.442 e. The first-order chi connectivity index (χ1) is 13.4. The van der Waals surface area contributed by atoms with Crippen LogP contribution in [0.3, 0.4) is 0 Å². The summed E-state index contributed by atoms with van der Waals surface area (Å²) in [4.78, 5) is 24.1. The third kappa shape index (κ3) is 4.39. The van der Waals surface area contributed by atoms with Gasteiger partial charge < -0.3 is 15.0 Å². The molecule has 1 atom stereocenters. The molecule has 1 aromatic heterocycles. The molecule has 0 radical (unpaired) electrons. The maximum atomic E-state index is 14.8. The predicted octanol–water partition coefficient (Wildman–Crippen LogP) is 2.69. The lowest BCUT2D eigenvalue weighted by Crippen LogP contribution is -2.32. The van der Waals surface area contributed by atoms with Gasteiger partial charge in [0.25, 0.3) is 0 Å². The van der Waals surface area contributed by atoms with Gasteiger partial charge in [-0.25, -0.2) is 9.18 Å². The van der Waals surface area contributed by atoms with Crippen LogP contribution in [0.4, 0.5) is 20.6 Å². The van der Waals surface area contributed by atoms with E-state index in [1.54, 1.807) is 26.1 Å². The van der Waals surface area contributed by atoms with E-state index in [9.17, 15) is 9.18 Å². The van der Waals surface area contributed by atoms with Gasteiger partial charge in [0.05, 0.1) is 35.6 Å². The van der Waals surface area contributed by atoms with Gasteiger partial charge in [0, 0.05) is 19.4 Å². The molecule has 0 saturated carbocycles. The van der Waals surface area contributed by atoms with Crippen LogP contribution in [0.5, 0.6) is 0 Å². The topological polar surface area (TPSA) is 70.6 Å². The minimum atomic E-state index is -0.524. The van der Waals surface area contributed by atoms with Crippen molar-refractivity contribution in [2.45, 2.75) is 13.0 Å². The molecule has 1 N–H and O–H groups in total. The van der Waals surface area contributed by atoms with Gasteiger partial charge in [0.1, 0.15) is 22.6 Å². The molecule has 1 unspecified atom stereocenters.